The fraction of sp³-hybridized carbons (Fsp3) is 0.136. The third kappa shape index (κ3) is 4.40. The number of nitrogens with one attached hydrogen (secondary N) is 2. The molecule has 1 aromatic heterocycles. The van der Waals surface area contributed by atoms with E-state index in [1.807, 2.05) is 36.4 Å². The molecule has 2 N–H and O–H groups in total. The van der Waals surface area contributed by atoms with Crippen LogP contribution in [0.2, 0.25) is 10.0 Å². The summed E-state index contributed by atoms with van der Waals surface area (Å²) in [5, 5.41) is 8.23. The van der Waals surface area contributed by atoms with Crippen molar-refractivity contribution in [1.82, 2.24) is 15.7 Å². The van der Waals surface area contributed by atoms with Gasteiger partial charge in [-0.05, 0) is 53.6 Å². The lowest BCUT2D eigenvalue weighted by Gasteiger charge is -2.12. The largest absolute Gasteiger partial charge is 0.457 e. The van der Waals surface area contributed by atoms with E-state index in [1.54, 1.807) is 25.2 Å². The van der Waals surface area contributed by atoms with Crippen LogP contribution in [0, 0.1) is 0 Å². The zero-order valence-corrected chi connectivity index (χ0v) is 17.5. The van der Waals surface area contributed by atoms with Crippen LogP contribution in [0.3, 0.4) is 0 Å². The van der Waals surface area contributed by atoms with Crippen LogP contribution in [0.1, 0.15) is 34.1 Å². The number of hydrogen-bond donors (Lipinski definition) is 2. The van der Waals surface area contributed by atoms with Crippen LogP contribution in [0.5, 0.6) is 11.5 Å². The molecular formula is C22H18Cl2N4O2. The Hall–Kier alpha value is -3.09. The van der Waals surface area contributed by atoms with E-state index in [-0.39, 0.29) is 11.9 Å². The summed E-state index contributed by atoms with van der Waals surface area (Å²) in [6.45, 7) is 0. The van der Waals surface area contributed by atoms with E-state index < -0.39 is 0 Å². The highest BCUT2D eigenvalue weighted by atomic mass is 35.5. The lowest BCUT2D eigenvalue weighted by Crippen LogP contribution is -2.18. The van der Waals surface area contributed by atoms with E-state index in [1.165, 1.54) is 6.20 Å². The van der Waals surface area contributed by atoms with E-state index in [4.69, 9.17) is 27.9 Å². The van der Waals surface area contributed by atoms with Crippen LogP contribution in [0.25, 0.3) is 0 Å². The maximum absolute atomic E-state index is 11.7. The molecule has 1 atom stereocenters. The number of pyridine rings is 1. The zero-order chi connectivity index (χ0) is 21.1. The Balaban J connectivity index is 1.44. The number of aromatic nitrogens is 1. The quantitative estimate of drug-likeness (QED) is 0.586. The molecule has 1 aliphatic rings. The van der Waals surface area contributed by atoms with Crippen molar-refractivity contribution in [2.24, 2.45) is 5.10 Å². The zero-order valence-electron chi connectivity index (χ0n) is 16.0. The number of hydrogen-bond acceptors (Lipinski definition) is 5. The second kappa shape index (κ2) is 8.73. The highest BCUT2D eigenvalue weighted by molar-refractivity contribution is 6.35. The number of hydrazone groups is 1. The topological polar surface area (TPSA) is 75.6 Å². The van der Waals surface area contributed by atoms with Gasteiger partial charge in [0.05, 0.1) is 11.8 Å². The molecule has 0 aliphatic carbocycles. The minimum Gasteiger partial charge on any atom is -0.457 e. The summed E-state index contributed by atoms with van der Waals surface area (Å²) in [4.78, 5) is 15.7. The Kier molecular flexibility index (Phi) is 5.88. The van der Waals surface area contributed by atoms with Crippen molar-refractivity contribution >= 4 is 34.8 Å². The van der Waals surface area contributed by atoms with E-state index in [9.17, 15) is 4.79 Å². The number of rotatable bonds is 5. The smallest absolute Gasteiger partial charge is 0.269 e. The molecule has 0 saturated heterocycles. The summed E-state index contributed by atoms with van der Waals surface area (Å²) in [5.41, 5.74) is 6.32. The summed E-state index contributed by atoms with van der Waals surface area (Å²) in [7, 11) is 1.56. The van der Waals surface area contributed by atoms with E-state index >= 15 is 0 Å². The van der Waals surface area contributed by atoms with Crippen LogP contribution in [0.4, 0.5) is 0 Å². The van der Waals surface area contributed by atoms with Crippen LogP contribution >= 0.6 is 23.2 Å². The molecule has 1 amide bonds. The number of amides is 1. The number of carbonyl (C=O) groups excluding carboxylic acids is 1. The second-order valence-electron chi connectivity index (χ2n) is 6.69. The highest BCUT2D eigenvalue weighted by Gasteiger charge is 2.23. The Morgan fingerprint density at radius 1 is 1.10 bits per heavy atom. The van der Waals surface area contributed by atoms with Crippen molar-refractivity contribution in [2.75, 3.05) is 7.05 Å². The first-order valence-electron chi connectivity index (χ1n) is 9.27. The molecule has 1 unspecified atom stereocenters. The average molecular weight is 441 g/mol. The Morgan fingerprint density at radius 3 is 2.63 bits per heavy atom. The minimum absolute atomic E-state index is 0.000597. The fourth-order valence-corrected chi connectivity index (χ4v) is 3.71. The Bertz CT molecular complexity index is 1120. The molecule has 2 aromatic carbocycles. The molecule has 6 nitrogen and oxygen atoms in total. The third-order valence-electron chi connectivity index (χ3n) is 4.71. The van der Waals surface area contributed by atoms with Crippen LogP contribution in [-0.4, -0.2) is 23.7 Å². The number of nitrogens with zero attached hydrogens (tertiary/aromatic N) is 2. The van der Waals surface area contributed by atoms with Crippen LogP contribution in [-0.2, 0) is 0 Å². The van der Waals surface area contributed by atoms with Gasteiger partial charge in [-0.1, -0.05) is 29.3 Å². The summed E-state index contributed by atoms with van der Waals surface area (Å²) in [5.74, 6) is 0.920. The monoisotopic (exact) mass is 440 g/mol. The molecule has 2 heterocycles. The van der Waals surface area contributed by atoms with Crippen molar-refractivity contribution in [1.29, 1.82) is 0 Å². The van der Waals surface area contributed by atoms with Gasteiger partial charge in [-0.15, -0.1) is 0 Å². The van der Waals surface area contributed by atoms with Gasteiger partial charge in [0, 0.05) is 35.8 Å². The number of benzene rings is 2. The Labute approximate surface area is 183 Å². The van der Waals surface area contributed by atoms with Crippen LogP contribution in [0.15, 0.2) is 65.9 Å². The maximum atomic E-state index is 11.7. The molecule has 0 bridgehead atoms. The van der Waals surface area contributed by atoms with Crippen molar-refractivity contribution in [3.63, 3.8) is 0 Å². The van der Waals surface area contributed by atoms with E-state index in [2.05, 4.69) is 20.8 Å². The first-order valence-corrected chi connectivity index (χ1v) is 10.0. The predicted molar refractivity (Wildman–Crippen MR) is 118 cm³/mol. The molecule has 152 valence electrons. The van der Waals surface area contributed by atoms with Crippen molar-refractivity contribution in [3.8, 4) is 11.5 Å². The fourth-order valence-electron chi connectivity index (χ4n) is 3.16. The van der Waals surface area contributed by atoms with Gasteiger partial charge in [-0.2, -0.15) is 5.10 Å². The van der Waals surface area contributed by atoms with Crippen LogP contribution < -0.4 is 15.5 Å². The molecule has 3 aromatic rings. The van der Waals surface area contributed by atoms with E-state index in [0.717, 1.165) is 16.8 Å². The Morgan fingerprint density at radius 2 is 1.90 bits per heavy atom. The maximum Gasteiger partial charge on any atom is 0.269 e. The van der Waals surface area contributed by atoms with E-state index in [0.29, 0.717) is 33.7 Å². The normalized spacial score (nSPS) is 15.3. The van der Waals surface area contributed by atoms with Gasteiger partial charge >= 0.3 is 0 Å². The molecule has 4 rings (SSSR count). The SMILES string of the molecule is CNC(=O)c1cc(Oc2ccc(C3=NNC(c4ccc(Cl)cc4Cl)C3)cc2)ccn1. The van der Waals surface area contributed by atoms with Gasteiger partial charge in [0.1, 0.15) is 17.2 Å². The predicted octanol–water partition coefficient (Wildman–Crippen LogP) is 4.98. The molecule has 8 heteroatoms. The lowest BCUT2D eigenvalue weighted by molar-refractivity contribution is 0.0958. The summed E-state index contributed by atoms with van der Waals surface area (Å²) in [6, 6.07) is 16.4. The molecule has 0 fully saturated rings. The molecule has 30 heavy (non-hydrogen) atoms. The van der Waals surface area contributed by atoms with Gasteiger partial charge in [-0.3, -0.25) is 9.78 Å². The van der Waals surface area contributed by atoms with Gasteiger partial charge in [0.15, 0.2) is 0 Å². The molecule has 0 radical (unpaired) electrons. The van der Waals surface area contributed by atoms with Crippen molar-refractivity contribution < 1.29 is 9.53 Å². The summed E-state index contributed by atoms with van der Waals surface area (Å²) >= 11 is 12.3. The highest BCUT2D eigenvalue weighted by Crippen LogP contribution is 2.32. The van der Waals surface area contributed by atoms with Crippen molar-refractivity contribution in [2.45, 2.75) is 12.5 Å². The van der Waals surface area contributed by atoms with Gasteiger partial charge in [0.25, 0.3) is 5.91 Å². The minimum atomic E-state index is -0.266. The average Bonchev–Trinajstić information content (AvgIpc) is 3.24. The van der Waals surface area contributed by atoms with Crippen molar-refractivity contribution in [3.05, 3.63) is 87.7 Å². The standard InChI is InChI=1S/C22H18Cl2N4O2/c1-25-22(29)21-11-16(8-9-26-21)30-15-5-2-13(3-6-15)19-12-20(28-27-19)17-7-4-14(23)10-18(17)24/h2-11,20,28H,12H2,1H3,(H,25,29). The van der Waals surface area contributed by atoms with Gasteiger partial charge in [-0.25, -0.2) is 0 Å². The second-order valence-corrected chi connectivity index (χ2v) is 7.54. The molecule has 0 saturated carbocycles. The van der Waals surface area contributed by atoms with Gasteiger partial charge < -0.3 is 15.5 Å². The first kappa shape index (κ1) is 20.2. The first-order chi connectivity index (χ1) is 14.5. The summed E-state index contributed by atoms with van der Waals surface area (Å²) < 4.78 is 5.84. The number of carbonyl (C=O) groups is 1. The molecular weight excluding hydrogens is 423 g/mol. The summed E-state index contributed by atoms with van der Waals surface area (Å²) in [6.07, 6.45) is 2.25. The van der Waals surface area contributed by atoms with Gasteiger partial charge in [0.2, 0.25) is 0 Å². The number of ether oxygens (including phenoxy) is 1. The molecule has 1 aliphatic heterocycles. The lowest BCUT2D eigenvalue weighted by atomic mass is 9.99. The number of halogens is 2. The molecule has 0 spiro atoms. The third-order valence-corrected chi connectivity index (χ3v) is 5.27.